The van der Waals surface area contributed by atoms with Crippen molar-refractivity contribution in [1.82, 2.24) is 31.7 Å². The van der Waals surface area contributed by atoms with Gasteiger partial charge < -0.3 is 0 Å². The van der Waals surface area contributed by atoms with Crippen molar-refractivity contribution in [1.29, 1.82) is 0 Å². The van der Waals surface area contributed by atoms with Crippen LogP contribution in [0.3, 0.4) is 0 Å². The number of hydrogen-bond acceptors (Lipinski definition) is 6. The van der Waals surface area contributed by atoms with E-state index in [1.54, 1.807) is 0 Å². The molecule has 3 aliphatic heterocycles. The maximum atomic E-state index is 3.30. The van der Waals surface area contributed by atoms with Crippen LogP contribution in [0.4, 0.5) is 0 Å². The summed E-state index contributed by atoms with van der Waals surface area (Å²) in [6.45, 7) is 2.03. The maximum absolute atomic E-state index is 3.30. The highest BCUT2D eigenvalue weighted by Gasteiger charge is 2.36. The molecule has 0 spiro atoms. The third-order valence-electron chi connectivity index (χ3n) is 2.66. The first-order valence-electron chi connectivity index (χ1n) is 4.72. The van der Waals surface area contributed by atoms with Gasteiger partial charge in [-0.05, 0) is 18.9 Å². The molecule has 3 aliphatic rings. The molecule has 13 heavy (non-hydrogen) atoms. The van der Waals surface area contributed by atoms with Gasteiger partial charge in [0.05, 0.1) is 0 Å². The van der Waals surface area contributed by atoms with Gasteiger partial charge in [0.2, 0.25) is 0 Å². The van der Waals surface area contributed by atoms with Crippen LogP contribution in [0.25, 0.3) is 0 Å². The number of nitrogens with zero attached hydrogens (tertiary/aromatic N) is 3. The maximum Gasteiger partial charge on any atom is 0.113 e. The Morgan fingerprint density at radius 3 is 3.31 bits per heavy atom. The second-order valence-corrected chi connectivity index (χ2v) is 3.48. The number of nitrogens with one attached hydrogen (secondary N) is 3. The first-order valence-corrected chi connectivity index (χ1v) is 4.72. The van der Waals surface area contributed by atoms with Crippen molar-refractivity contribution in [3.63, 3.8) is 0 Å². The molecule has 0 aromatic rings. The third-order valence-corrected chi connectivity index (χ3v) is 2.66. The predicted octanol–water partition coefficient (Wildman–Crippen LogP) is -1.10. The summed E-state index contributed by atoms with van der Waals surface area (Å²) in [7, 11) is 0. The summed E-state index contributed by atoms with van der Waals surface area (Å²) in [5, 5.41) is 6.31. The highest BCUT2D eigenvalue weighted by molar-refractivity contribution is 4.93. The van der Waals surface area contributed by atoms with Crippen LogP contribution < -0.4 is 16.5 Å². The van der Waals surface area contributed by atoms with Crippen molar-refractivity contribution >= 4 is 0 Å². The number of hydrazine groups is 5. The molecule has 0 saturated carbocycles. The summed E-state index contributed by atoms with van der Waals surface area (Å²) in [6, 6.07) is 0. The zero-order valence-electron chi connectivity index (χ0n) is 7.40. The number of rotatable bonds is 0. The fraction of sp³-hybridized carbons (Fsp3) is 0.714. The quantitative estimate of drug-likeness (QED) is 0.442. The van der Waals surface area contributed by atoms with Crippen molar-refractivity contribution < 1.29 is 0 Å². The summed E-state index contributed by atoms with van der Waals surface area (Å²) < 4.78 is 0. The lowest BCUT2D eigenvalue weighted by atomic mass is 10.2. The van der Waals surface area contributed by atoms with E-state index in [0.717, 1.165) is 13.1 Å². The van der Waals surface area contributed by atoms with Crippen LogP contribution in [0.5, 0.6) is 0 Å². The molecule has 0 bridgehead atoms. The Labute approximate surface area is 77.0 Å². The Bertz CT molecular complexity index is 229. The molecular weight excluding hydrogens is 168 g/mol. The lowest BCUT2D eigenvalue weighted by Gasteiger charge is -2.49. The van der Waals surface area contributed by atoms with E-state index in [2.05, 4.69) is 27.6 Å². The number of fused-ring (bicyclic) bond motifs is 3. The van der Waals surface area contributed by atoms with Crippen molar-refractivity contribution in [2.24, 2.45) is 0 Å². The molecule has 6 nitrogen and oxygen atoms in total. The average Bonchev–Trinajstić information content (AvgIpc) is 2.65. The molecule has 0 aromatic carbocycles. The van der Waals surface area contributed by atoms with Crippen LogP contribution in [0.15, 0.2) is 12.3 Å². The van der Waals surface area contributed by atoms with Gasteiger partial charge in [-0.25, -0.2) is 10.5 Å². The van der Waals surface area contributed by atoms with E-state index in [4.69, 9.17) is 0 Å². The summed E-state index contributed by atoms with van der Waals surface area (Å²) in [5.74, 6) is 0. The van der Waals surface area contributed by atoms with E-state index >= 15 is 0 Å². The van der Waals surface area contributed by atoms with E-state index < -0.39 is 0 Å². The van der Waals surface area contributed by atoms with Crippen LogP contribution in [0.1, 0.15) is 12.8 Å². The van der Waals surface area contributed by atoms with Gasteiger partial charge in [0, 0.05) is 19.3 Å². The summed E-state index contributed by atoms with van der Waals surface area (Å²) in [6.07, 6.45) is 7.03. The molecule has 0 radical (unpaired) electrons. The van der Waals surface area contributed by atoms with Gasteiger partial charge in [0.1, 0.15) is 6.17 Å². The molecule has 1 unspecified atom stereocenters. The summed E-state index contributed by atoms with van der Waals surface area (Å²) in [4.78, 5) is 0. The van der Waals surface area contributed by atoms with Gasteiger partial charge in [-0.15, -0.1) is 10.7 Å². The molecule has 0 aliphatic carbocycles. The first kappa shape index (κ1) is 7.72. The van der Waals surface area contributed by atoms with Gasteiger partial charge in [0.15, 0.2) is 0 Å². The summed E-state index contributed by atoms with van der Waals surface area (Å²) in [5.41, 5.74) is 9.46. The summed E-state index contributed by atoms with van der Waals surface area (Å²) >= 11 is 0. The zero-order chi connectivity index (χ0) is 8.67. The van der Waals surface area contributed by atoms with Gasteiger partial charge in [0.25, 0.3) is 0 Å². The van der Waals surface area contributed by atoms with Crippen molar-refractivity contribution in [3.05, 3.63) is 12.3 Å². The van der Waals surface area contributed by atoms with E-state index in [1.165, 1.54) is 12.8 Å². The smallest absolute Gasteiger partial charge is 0.113 e. The minimum Gasteiger partial charge on any atom is -0.239 e. The van der Waals surface area contributed by atoms with E-state index in [0.29, 0.717) is 6.17 Å². The minimum absolute atomic E-state index is 0.421. The second-order valence-electron chi connectivity index (χ2n) is 3.48. The van der Waals surface area contributed by atoms with Crippen LogP contribution in [0, 0.1) is 0 Å². The SMILES string of the molecule is C1=CN2NNN3NCCCC3N2C1. The molecule has 3 rings (SSSR count). The van der Waals surface area contributed by atoms with Crippen molar-refractivity contribution in [2.45, 2.75) is 19.0 Å². The Kier molecular flexibility index (Phi) is 1.74. The monoisotopic (exact) mass is 182 g/mol. The Morgan fingerprint density at radius 2 is 2.31 bits per heavy atom. The predicted molar refractivity (Wildman–Crippen MR) is 46.8 cm³/mol. The molecule has 6 heteroatoms. The Balaban J connectivity index is 1.78. The fourth-order valence-electron chi connectivity index (χ4n) is 2.02. The van der Waals surface area contributed by atoms with Crippen LogP contribution >= 0.6 is 0 Å². The third kappa shape index (κ3) is 1.15. The highest BCUT2D eigenvalue weighted by Crippen LogP contribution is 2.19. The normalized spacial score (nSPS) is 34.8. The Hall–Kier alpha value is -0.660. The first-order chi connectivity index (χ1) is 6.45. The molecule has 1 atom stereocenters. The van der Waals surface area contributed by atoms with Gasteiger partial charge in [-0.1, -0.05) is 0 Å². The van der Waals surface area contributed by atoms with Crippen molar-refractivity contribution in [2.75, 3.05) is 13.1 Å². The van der Waals surface area contributed by atoms with Gasteiger partial charge in [-0.2, -0.15) is 10.5 Å². The fourth-order valence-corrected chi connectivity index (χ4v) is 2.02. The lowest BCUT2D eigenvalue weighted by molar-refractivity contribution is -0.222. The highest BCUT2D eigenvalue weighted by atomic mass is 16.1. The molecule has 3 N–H and O–H groups in total. The Morgan fingerprint density at radius 1 is 1.31 bits per heavy atom. The minimum atomic E-state index is 0.421. The van der Waals surface area contributed by atoms with Crippen LogP contribution in [0.2, 0.25) is 0 Å². The lowest BCUT2D eigenvalue weighted by Crippen LogP contribution is -2.75. The molecule has 0 amide bonds. The average molecular weight is 182 g/mol. The standard InChI is InChI=1S/C7H14N6/c1-3-7-11-5-2-6-12(11)9-10-13(7)8-4-1/h2,6-10H,1,3-5H2. The zero-order valence-corrected chi connectivity index (χ0v) is 7.40. The van der Waals surface area contributed by atoms with Gasteiger partial charge in [-0.3, -0.25) is 0 Å². The van der Waals surface area contributed by atoms with Gasteiger partial charge >= 0.3 is 0 Å². The van der Waals surface area contributed by atoms with E-state index in [9.17, 15) is 0 Å². The van der Waals surface area contributed by atoms with Crippen LogP contribution in [-0.4, -0.2) is 34.5 Å². The molecule has 0 aromatic heterocycles. The van der Waals surface area contributed by atoms with E-state index in [1.807, 2.05) is 16.4 Å². The van der Waals surface area contributed by atoms with Crippen LogP contribution in [-0.2, 0) is 0 Å². The molecule has 72 valence electrons. The van der Waals surface area contributed by atoms with Crippen molar-refractivity contribution in [3.8, 4) is 0 Å². The molecule has 2 fully saturated rings. The molecule has 2 saturated heterocycles. The largest absolute Gasteiger partial charge is 0.239 e. The second kappa shape index (κ2) is 2.93. The molecular formula is C7H14N6. The van der Waals surface area contributed by atoms with E-state index in [-0.39, 0.29) is 0 Å². The number of hydrogen-bond donors (Lipinski definition) is 3. The molecule has 3 heterocycles. The topological polar surface area (TPSA) is 45.8 Å².